The molecule has 1 aromatic heterocycles. The van der Waals surface area contributed by atoms with Gasteiger partial charge in [-0.1, -0.05) is 19.1 Å². The molecule has 1 aromatic carbocycles. The molecular weight excluding hydrogens is 254 g/mol. The molecule has 2 rings (SSSR count). The summed E-state index contributed by atoms with van der Waals surface area (Å²) in [6, 6.07) is 8.74. The second-order valence-corrected chi connectivity index (χ2v) is 4.74. The summed E-state index contributed by atoms with van der Waals surface area (Å²) in [7, 11) is 0. The van der Waals surface area contributed by atoms with Crippen LogP contribution in [0.5, 0.6) is 5.75 Å². The molecule has 2 aromatic rings. The molecule has 0 bridgehead atoms. The van der Waals surface area contributed by atoms with Gasteiger partial charge in [0, 0.05) is 12.6 Å². The van der Waals surface area contributed by atoms with Crippen LogP contribution in [0.4, 0.5) is 0 Å². The van der Waals surface area contributed by atoms with Gasteiger partial charge in [0.2, 0.25) is 0 Å². The number of aryl methyl sites for hydroxylation is 1. The maximum Gasteiger partial charge on any atom is 0.275 e. The van der Waals surface area contributed by atoms with Gasteiger partial charge in [0.25, 0.3) is 5.56 Å². The fraction of sp³-hybridized carbons (Fsp3) is 0.333. The molecule has 0 aliphatic rings. The van der Waals surface area contributed by atoms with E-state index in [-0.39, 0.29) is 11.3 Å². The Morgan fingerprint density at radius 3 is 2.85 bits per heavy atom. The first-order valence-electron chi connectivity index (χ1n) is 6.72. The predicted octanol–water partition coefficient (Wildman–Crippen LogP) is 1.75. The van der Waals surface area contributed by atoms with E-state index in [2.05, 4.69) is 17.3 Å². The number of hydrogen-bond acceptors (Lipinski definition) is 4. The molecular formula is C15H19N3O2. The highest BCUT2D eigenvalue weighted by Crippen LogP contribution is 2.13. The van der Waals surface area contributed by atoms with Gasteiger partial charge >= 0.3 is 0 Å². The van der Waals surface area contributed by atoms with E-state index < -0.39 is 0 Å². The fourth-order valence-electron chi connectivity index (χ4n) is 1.94. The van der Waals surface area contributed by atoms with E-state index in [4.69, 9.17) is 0 Å². The van der Waals surface area contributed by atoms with Gasteiger partial charge in [0.15, 0.2) is 0 Å². The fourth-order valence-corrected chi connectivity index (χ4v) is 1.94. The van der Waals surface area contributed by atoms with Crippen LogP contribution >= 0.6 is 0 Å². The van der Waals surface area contributed by atoms with Crippen LogP contribution in [-0.4, -0.2) is 21.4 Å². The first kappa shape index (κ1) is 14.3. The number of hydrogen-bond donors (Lipinski definition) is 2. The molecule has 0 unspecified atom stereocenters. The summed E-state index contributed by atoms with van der Waals surface area (Å²) in [5, 5.41) is 17.2. The third kappa shape index (κ3) is 3.24. The normalized spacial score (nSPS) is 10.7. The molecule has 0 spiro atoms. The molecule has 0 amide bonds. The van der Waals surface area contributed by atoms with E-state index >= 15 is 0 Å². The van der Waals surface area contributed by atoms with E-state index in [1.165, 1.54) is 10.7 Å². The molecule has 0 saturated carbocycles. The molecule has 0 saturated heterocycles. The Morgan fingerprint density at radius 2 is 2.15 bits per heavy atom. The zero-order valence-corrected chi connectivity index (χ0v) is 11.8. The largest absolute Gasteiger partial charge is 0.506 e. The Labute approximate surface area is 117 Å². The van der Waals surface area contributed by atoms with Crippen molar-refractivity contribution in [1.29, 1.82) is 0 Å². The summed E-state index contributed by atoms with van der Waals surface area (Å²) < 4.78 is 1.32. The van der Waals surface area contributed by atoms with Gasteiger partial charge in [0.05, 0.1) is 5.69 Å². The van der Waals surface area contributed by atoms with Gasteiger partial charge in [-0.25, -0.2) is 0 Å². The van der Waals surface area contributed by atoms with E-state index in [0.29, 0.717) is 17.9 Å². The van der Waals surface area contributed by atoms with Crippen molar-refractivity contribution < 1.29 is 5.11 Å². The first-order chi connectivity index (χ1) is 9.61. The molecule has 0 radical (unpaired) electrons. The van der Waals surface area contributed by atoms with Crippen LogP contribution in [0, 0.1) is 6.92 Å². The van der Waals surface area contributed by atoms with Crippen molar-refractivity contribution in [2.45, 2.75) is 26.8 Å². The Balaban J connectivity index is 2.38. The number of rotatable bonds is 5. The van der Waals surface area contributed by atoms with Crippen molar-refractivity contribution in [3.63, 3.8) is 0 Å². The molecule has 1 heterocycles. The maximum absolute atomic E-state index is 12.0. The Morgan fingerprint density at radius 1 is 1.35 bits per heavy atom. The third-order valence-corrected chi connectivity index (χ3v) is 2.95. The average molecular weight is 273 g/mol. The smallest absolute Gasteiger partial charge is 0.275 e. The Bertz CT molecular complexity index is 650. The van der Waals surface area contributed by atoms with Crippen LogP contribution in [0.3, 0.4) is 0 Å². The summed E-state index contributed by atoms with van der Waals surface area (Å²) >= 11 is 0. The maximum atomic E-state index is 12.0. The molecule has 106 valence electrons. The van der Waals surface area contributed by atoms with Crippen molar-refractivity contribution in [2.75, 3.05) is 6.54 Å². The van der Waals surface area contributed by atoms with Gasteiger partial charge in [-0.15, -0.1) is 0 Å². The van der Waals surface area contributed by atoms with Crippen LogP contribution in [0.15, 0.2) is 35.1 Å². The number of nitrogens with zero attached hydrogens (tertiary/aromatic N) is 2. The van der Waals surface area contributed by atoms with Crippen molar-refractivity contribution in [3.8, 4) is 11.4 Å². The molecule has 5 heteroatoms. The van der Waals surface area contributed by atoms with E-state index in [1.807, 2.05) is 31.2 Å². The summed E-state index contributed by atoms with van der Waals surface area (Å²) in [4.78, 5) is 12.0. The van der Waals surface area contributed by atoms with Crippen LogP contribution in [-0.2, 0) is 6.54 Å². The number of aromatic hydroxyl groups is 1. The van der Waals surface area contributed by atoms with Crippen LogP contribution in [0.2, 0.25) is 0 Å². The lowest BCUT2D eigenvalue weighted by atomic mass is 10.2. The highest BCUT2D eigenvalue weighted by molar-refractivity contribution is 5.36. The van der Waals surface area contributed by atoms with Crippen molar-refractivity contribution in [1.82, 2.24) is 15.1 Å². The SMILES string of the molecule is CCCNCc1nn(-c2cccc(C)c2)c(=O)cc1O. The molecule has 0 aliphatic carbocycles. The lowest BCUT2D eigenvalue weighted by Gasteiger charge is -2.10. The van der Waals surface area contributed by atoms with Gasteiger partial charge < -0.3 is 10.4 Å². The van der Waals surface area contributed by atoms with Gasteiger partial charge in [0.1, 0.15) is 11.4 Å². The molecule has 2 N–H and O–H groups in total. The van der Waals surface area contributed by atoms with Crippen LogP contribution in [0.1, 0.15) is 24.6 Å². The topological polar surface area (TPSA) is 67.2 Å². The van der Waals surface area contributed by atoms with E-state index in [9.17, 15) is 9.90 Å². The second kappa shape index (κ2) is 6.34. The monoisotopic (exact) mass is 273 g/mol. The van der Waals surface area contributed by atoms with Crippen LogP contribution < -0.4 is 10.9 Å². The summed E-state index contributed by atoms with van der Waals surface area (Å²) in [5.41, 5.74) is 1.88. The van der Waals surface area contributed by atoms with E-state index in [1.54, 1.807) is 0 Å². The predicted molar refractivity (Wildman–Crippen MR) is 78.2 cm³/mol. The summed E-state index contributed by atoms with van der Waals surface area (Å²) in [6.07, 6.45) is 0.998. The zero-order valence-electron chi connectivity index (χ0n) is 11.8. The van der Waals surface area contributed by atoms with Gasteiger partial charge in [-0.2, -0.15) is 9.78 Å². The number of nitrogens with one attached hydrogen (secondary N) is 1. The minimum atomic E-state index is -0.340. The second-order valence-electron chi connectivity index (χ2n) is 4.74. The molecule has 20 heavy (non-hydrogen) atoms. The third-order valence-electron chi connectivity index (χ3n) is 2.95. The molecule has 0 fully saturated rings. The van der Waals surface area contributed by atoms with E-state index in [0.717, 1.165) is 18.5 Å². The average Bonchev–Trinajstić information content (AvgIpc) is 2.41. The summed E-state index contributed by atoms with van der Waals surface area (Å²) in [6.45, 7) is 5.29. The minimum absolute atomic E-state index is 0.0671. The summed E-state index contributed by atoms with van der Waals surface area (Å²) in [5.74, 6) is -0.0671. The van der Waals surface area contributed by atoms with Gasteiger partial charge in [-0.3, -0.25) is 4.79 Å². The molecule has 0 aliphatic heterocycles. The quantitative estimate of drug-likeness (QED) is 0.814. The van der Waals surface area contributed by atoms with Crippen molar-refractivity contribution in [2.24, 2.45) is 0 Å². The highest BCUT2D eigenvalue weighted by Gasteiger charge is 2.09. The van der Waals surface area contributed by atoms with Crippen molar-refractivity contribution >= 4 is 0 Å². The number of benzene rings is 1. The highest BCUT2D eigenvalue weighted by atomic mass is 16.3. The minimum Gasteiger partial charge on any atom is -0.506 e. The lowest BCUT2D eigenvalue weighted by molar-refractivity contribution is 0.451. The number of aromatic nitrogens is 2. The lowest BCUT2D eigenvalue weighted by Crippen LogP contribution is -2.24. The Kier molecular flexibility index (Phi) is 4.53. The molecule has 0 atom stereocenters. The molecule has 5 nitrogen and oxygen atoms in total. The zero-order chi connectivity index (χ0) is 14.5. The van der Waals surface area contributed by atoms with Crippen molar-refractivity contribution in [3.05, 3.63) is 51.9 Å². The Hall–Kier alpha value is -2.14. The standard InChI is InChI=1S/C15H19N3O2/c1-3-7-16-10-13-14(19)9-15(20)18(17-13)12-6-4-5-11(2)8-12/h4-6,8-9,16,19H,3,7,10H2,1-2H3. The van der Waals surface area contributed by atoms with Crippen LogP contribution in [0.25, 0.3) is 5.69 Å². The first-order valence-corrected chi connectivity index (χ1v) is 6.72. The van der Waals surface area contributed by atoms with Gasteiger partial charge in [-0.05, 0) is 37.6 Å².